The summed E-state index contributed by atoms with van der Waals surface area (Å²) in [5.41, 5.74) is 1.62. The molecule has 0 aliphatic carbocycles. The van der Waals surface area contributed by atoms with Crippen molar-refractivity contribution in [2.75, 3.05) is 6.61 Å². The lowest BCUT2D eigenvalue weighted by atomic mass is 9.80. The lowest BCUT2D eigenvalue weighted by Crippen LogP contribution is -2.17. The summed E-state index contributed by atoms with van der Waals surface area (Å²) in [6, 6.07) is 5.45. The van der Waals surface area contributed by atoms with E-state index >= 15 is 0 Å². The van der Waals surface area contributed by atoms with Gasteiger partial charge in [0.1, 0.15) is 5.75 Å². The van der Waals surface area contributed by atoms with Crippen molar-refractivity contribution >= 4 is 7.82 Å². The second-order valence-corrected chi connectivity index (χ2v) is 8.27. The number of aliphatic hydroxyl groups excluding tert-OH is 1. The van der Waals surface area contributed by atoms with Crippen LogP contribution in [0.2, 0.25) is 0 Å². The van der Waals surface area contributed by atoms with Crippen molar-refractivity contribution in [1.29, 1.82) is 0 Å². The highest BCUT2D eigenvalue weighted by Gasteiger charge is 2.26. The molecule has 22 heavy (non-hydrogen) atoms. The number of hydrogen-bond donors (Lipinski definition) is 3. The van der Waals surface area contributed by atoms with Gasteiger partial charge in [-0.05, 0) is 29.4 Å². The Bertz CT molecular complexity index is 520. The molecule has 1 rings (SSSR count). The van der Waals surface area contributed by atoms with E-state index in [0.717, 1.165) is 11.1 Å². The molecule has 0 heterocycles. The van der Waals surface area contributed by atoms with Crippen LogP contribution in [-0.4, -0.2) is 21.5 Å². The Morgan fingerprint density at radius 2 is 1.50 bits per heavy atom. The van der Waals surface area contributed by atoms with Crippen molar-refractivity contribution in [3.63, 3.8) is 0 Å². The monoisotopic (exact) mass is 332 g/mol. The zero-order chi connectivity index (χ0) is 17.8. The maximum atomic E-state index is 11.0. The molecule has 0 fully saturated rings. The number of phosphoric acid groups is 1. The molecule has 0 radical (unpaired) electrons. The number of phosphoric ester groups is 1. The minimum absolute atomic E-state index is 0.0271. The highest BCUT2D eigenvalue weighted by Crippen LogP contribution is 2.43. The van der Waals surface area contributed by atoms with Crippen LogP contribution >= 0.6 is 7.82 Å². The minimum atomic E-state index is -4.54. The second-order valence-electron chi connectivity index (χ2n) is 7.11. The molecular formula is C16H29O5P. The van der Waals surface area contributed by atoms with E-state index in [2.05, 4.69) is 20.8 Å². The number of hydrogen-bond acceptors (Lipinski definition) is 3. The molecule has 0 bridgehead atoms. The lowest BCUT2D eigenvalue weighted by molar-refractivity contribution is 0.280. The van der Waals surface area contributed by atoms with Gasteiger partial charge in [-0.2, -0.15) is 0 Å². The summed E-state index contributed by atoms with van der Waals surface area (Å²) in [7, 11) is -4.54. The van der Waals surface area contributed by atoms with Crippen molar-refractivity contribution in [3.05, 3.63) is 29.3 Å². The summed E-state index contributed by atoms with van der Waals surface area (Å²) in [5.74, 6) is 0.244. The quantitative estimate of drug-likeness (QED) is 0.718. The first-order valence-electron chi connectivity index (χ1n) is 7.23. The van der Waals surface area contributed by atoms with Crippen LogP contribution in [-0.2, 0) is 15.4 Å². The van der Waals surface area contributed by atoms with Gasteiger partial charge in [0, 0.05) is 12.2 Å². The maximum absolute atomic E-state index is 11.0. The molecule has 1 aromatic carbocycles. The first-order chi connectivity index (χ1) is 9.72. The van der Waals surface area contributed by atoms with Crippen LogP contribution in [0.3, 0.4) is 0 Å². The molecule has 5 nitrogen and oxygen atoms in total. The molecule has 0 spiro atoms. The molecule has 0 aromatic heterocycles. The van der Waals surface area contributed by atoms with Gasteiger partial charge >= 0.3 is 7.82 Å². The van der Waals surface area contributed by atoms with Crippen LogP contribution in [0, 0.1) is 0 Å². The van der Waals surface area contributed by atoms with E-state index in [1.54, 1.807) is 13.0 Å². The maximum Gasteiger partial charge on any atom is 0.524 e. The van der Waals surface area contributed by atoms with Gasteiger partial charge < -0.3 is 9.63 Å². The molecule has 0 saturated carbocycles. The fourth-order valence-electron chi connectivity index (χ4n) is 1.79. The highest BCUT2D eigenvalue weighted by atomic mass is 31.2. The van der Waals surface area contributed by atoms with Crippen molar-refractivity contribution < 1.29 is 24.0 Å². The van der Waals surface area contributed by atoms with E-state index in [4.69, 9.17) is 19.4 Å². The number of benzene rings is 1. The molecule has 0 saturated heterocycles. The van der Waals surface area contributed by atoms with E-state index in [1.165, 1.54) is 0 Å². The van der Waals surface area contributed by atoms with Gasteiger partial charge in [-0.15, -0.1) is 0 Å². The van der Waals surface area contributed by atoms with Crippen LogP contribution in [0.4, 0.5) is 0 Å². The third-order valence-corrected chi connectivity index (χ3v) is 3.31. The molecule has 0 atom stereocenters. The lowest BCUT2D eigenvalue weighted by Gasteiger charge is -2.27. The molecule has 6 heteroatoms. The van der Waals surface area contributed by atoms with E-state index in [-0.39, 0.29) is 23.2 Å². The predicted molar refractivity (Wildman–Crippen MR) is 89.3 cm³/mol. The van der Waals surface area contributed by atoms with Gasteiger partial charge in [-0.1, -0.05) is 53.7 Å². The molecule has 0 unspecified atom stereocenters. The average Bonchev–Trinajstić information content (AvgIpc) is 2.25. The van der Waals surface area contributed by atoms with E-state index in [0.29, 0.717) is 0 Å². The Morgan fingerprint density at radius 3 is 1.82 bits per heavy atom. The molecule has 0 amide bonds. The van der Waals surface area contributed by atoms with Gasteiger partial charge in [-0.3, -0.25) is 9.79 Å². The SMILES string of the molecule is CC(C)(C)c1ccc(OP(=O)(O)O)c(C(C)(C)C)c1.CCO. The molecule has 0 aliphatic heterocycles. The Hall–Kier alpha value is -0.870. The third kappa shape index (κ3) is 7.41. The van der Waals surface area contributed by atoms with E-state index in [1.807, 2.05) is 32.9 Å². The molecule has 1 aromatic rings. The van der Waals surface area contributed by atoms with Gasteiger partial charge in [0.15, 0.2) is 0 Å². The number of aliphatic hydroxyl groups is 1. The van der Waals surface area contributed by atoms with Crippen molar-refractivity contribution in [2.24, 2.45) is 0 Å². The largest absolute Gasteiger partial charge is 0.524 e. The predicted octanol–water partition coefficient (Wildman–Crippen LogP) is 3.75. The highest BCUT2D eigenvalue weighted by molar-refractivity contribution is 7.46. The van der Waals surface area contributed by atoms with Gasteiger partial charge in [0.25, 0.3) is 0 Å². The van der Waals surface area contributed by atoms with E-state index in [9.17, 15) is 4.57 Å². The minimum Gasteiger partial charge on any atom is -0.404 e. The second kappa shape index (κ2) is 7.60. The summed E-state index contributed by atoms with van der Waals surface area (Å²) in [5, 5.41) is 7.57. The Labute approximate surface area is 133 Å². The normalized spacial score (nSPS) is 12.5. The molecule has 0 aliphatic rings. The Morgan fingerprint density at radius 1 is 1.05 bits per heavy atom. The van der Waals surface area contributed by atoms with Crippen LogP contribution in [0.5, 0.6) is 5.75 Å². The zero-order valence-corrected chi connectivity index (χ0v) is 15.4. The summed E-state index contributed by atoms with van der Waals surface area (Å²) in [6.07, 6.45) is 0. The fourth-order valence-corrected chi connectivity index (χ4v) is 2.21. The number of rotatable bonds is 2. The fraction of sp³-hybridized carbons (Fsp3) is 0.625. The van der Waals surface area contributed by atoms with Crippen molar-refractivity contribution in [3.8, 4) is 5.75 Å². The smallest absolute Gasteiger partial charge is 0.404 e. The topological polar surface area (TPSA) is 87.0 Å². The first-order valence-corrected chi connectivity index (χ1v) is 8.76. The standard InChI is InChI=1S/C14H23O4P.C2H6O/c1-13(2,3)10-7-8-12(18-19(15,16)17)11(9-10)14(4,5)6;1-2-3/h7-9H,1-6H3,(H2,15,16,17);3H,2H2,1H3. The van der Waals surface area contributed by atoms with Gasteiger partial charge in [0.05, 0.1) is 0 Å². The van der Waals surface area contributed by atoms with Crippen LogP contribution < -0.4 is 4.52 Å². The van der Waals surface area contributed by atoms with Crippen molar-refractivity contribution in [1.82, 2.24) is 0 Å². The average molecular weight is 332 g/mol. The van der Waals surface area contributed by atoms with Crippen LogP contribution in [0.25, 0.3) is 0 Å². The van der Waals surface area contributed by atoms with Crippen LogP contribution in [0.15, 0.2) is 18.2 Å². The van der Waals surface area contributed by atoms with Crippen LogP contribution in [0.1, 0.15) is 59.6 Å². The summed E-state index contributed by atoms with van der Waals surface area (Å²) < 4.78 is 15.8. The summed E-state index contributed by atoms with van der Waals surface area (Å²) in [6.45, 7) is 14.2. The third-order valence-electron chi connectivity index (χ3n) is 2.87. The van der Waals surface area contributed by atoms with Gasteiger partial charge in [0.2, 0.25) is 0 Å². The molecule has 3 N–H and O–H groups in total. The Kier molecular flexibility index (Phi) is 7.30. The first kappa shape index (κ1) is 21.1. The van der Waals surface area contributed by atoms with Gasteiger partial charge in [-0.25, -0.2) is 4.57 Å². The summed E-state index contributed by atoms with van der Waals surface area (Å²) in [4.78, 5) is 18.0. The molecular weight excluding hydrogens is 303 g/mol. The van der Waals surface area contributed by atoms with E-state index < -0.39 is 7.82 Å². The summed E-state index contributed by atoms with van der Waals surface area (Å²) >= 11 is 0. The zero-order valence-electron chi connectivity index (χ0n) is 14.5. The van der Waals surface area contributed by atoms with Crippen molar-refractivity contribution in [2.45, 2.75) is 59.3 Å². The molecule has 128 valence electrons. The Balaban J connectivity index is 0.00000135.